The fourth-order valence-corrected chi connectivity index (χ4v) is 3.32. The number of anilines is 1. The van der Waals surface area contributed by atoms with Crippen molar-refractivity contribution in [1.29, 1.82) is 0 Å². The summed E-state index contributed by atoms with van der Waals surface area (Å²) in [5.74, 6) is 0.232. The minimum atomic E-state index is -2.68. The highest BCUT2D eigenvalue weighted by molar-refractivity contribution is 5.92. The van der Waals surface area contributed by atoms with Crippen LogP contribution < -0.4 is 10.6 Å². The van der Waals surface area contributed by atoms with Gasteiger partial charge in [0.1, 0.15) is 11.5 Å². The zero-order chi connectivity index (χ0) is 20.3. The number of aromatic amines is 1. The van der Waals surface area contributed by atoms with Crippen LogP contribution in [0.25, 0.3) is 10.9 Å². The van der Waals surface area contributed by atoms with Gasteiger partial charge in [-0.05, 0) is 26.7 Å². The fourth-order valence-electron chi connectivity index (χ4n) is 3.32. The molecule has 1 unspecified atom stereocenters. The van der Waals surface area contributed by atoms with E-state index >= 15 is 0 Å². The molecule has 150 valence electrons. The van der Waals surface area contributed by atoms with Gasteiger partial charge >= 0.3 is 6.03 Å². The van der Waals surface area contributed by atoms with Crippen molar-refractivity contribution in [1.82, 2.24) is 20.5 Å². The zero-order valence-electron chi connectivity index (χ0n) is 15.7. The highest BCUT2D eigenvalue weighted by Crippen LogP contribution is 2.29. The van der Waals surface area contributed by atoms with Crippen LogP contribution in [0, 0.1) is 12.8 Å². The molecule has 1 aliphatic rings. The van der Waals surface area contributed by atoms with Crippen LogP contribution in [-0.4, -0.2) is 38.5 Å². The first-order chi connectivity index (χ1) is 13.3. The highest BCUT2D eigenvalue weighted by atomic mass is 19.3. The lowest BCUT2D eigenvalue weighted by Crippen LogP contribution is -2.34. The van der Waals surface area contributed by atoms with Gasteiger partial charge in [-0.3, -0.25) is 10.4 Å². The Balaban J connectivity index is 1.52. The molecule has 4 N–H and O–H groups in total. The number of halogens is 2. The van der Waals surface area contributed by atoms with E-state index in [0.29, 0.717) is 24.2 Å². The van der Waals surface area contributed by atoms with E-state index in [0.717, 1.165) is 6.42 Å². The molecule has 9 heteroatoms. The van der Waals surface area contributed by atoms with E-state index in [9.17, 15) is 18.7 Å². The van der Waals surface area contributed by atoms with E-state index in [4.69, 9.17) is 0 Å². The molecule has 7 nitrogen and oxygen atoms in total. The minimum Gasteiger partial charge on any atom is -0.385 e. The van der Waals surface area contributed by atoms with Crippen LogP contribution in [-0.2, 0) is 0 Å². The first-order valence-corrected chi connectivity index (χ1v) is 9.05. The molecule has 2 aromatic heterocycles. The van der Waals surface area contributed by atoms with Crippen LogP contribution in [0.4, 0.5) is 19.4 Å². The third-order valence-electron chi connectivity index (χ3n) is 4.82. The number of aryl methyl sites for hydroxylation is 1. The molecule has 0 bridgehead atoms. The maximum atomic E-state index is 13.0. The Morgan fingerprint density at radius 1 is 1.43 bits per heavy atom. The van der Waals surface area contributed by atoms with Crippen molar-refractivity contribution < 1.29 is 18.7 Å². The van der Waals surface area contributed by atoms with E-state index in [2.05, 4.69) is 25.8 Å². The predicted octanol–water partition coefficient (Wildman–Crippen LogP) is 3.60. The number of carbonyl (C=O) groups excluding carboxylic acids is 1. The number of amides is 2. The van der Waals surface area contributed by atoms with Crippen LogP contribution >= 0.6 is 0 Å². The van der Waals surface area contributed by atoms with Crippen molar-refractivity contribution in [2.24, 2.45) is 5.92 Å². The number of urea groups is 1. The average molecular weight is 391 g/mol. The molecule has 2 atom stereocenters. The van der Waals surface area contributed by atoms with Crippen molar-refractivity contribution in [2.75, 3.05) is 11.9 Å². The van der Waals surface area contributed by atoms with Crippen molar-refractivity contribution in [2.45, 2.75) is 38.7 Å². The number of rotatable bonds is 6. The Hall–Kier alpha value is -2.81. The number of alkyl halides is 2. The van der Waals surface area contributed by atoms with Crippen LogP contribution in [0.2, 0.25) is 0 Å². The summed E-state index contributed by atoms with van der Waals surface area (Å²) in [4.78, 5) is 16.2. The lowest BCUT2D eigenvalue weighted by Gasteiger charge is -2.29. The Morgan fingerprint density at radius 3 is 2.93 bits per heavy atom. The standard InChI is InChI=1S/C19H23F2N5O2/c1-11-15-13(25-26-16(15)17(20)21)10-14(23-11)24-18(27)22-9-5-7-12-6-3-4-8-19(12,2)28/h3-4,6,8,10,12,17,28H,5,7,9H2,1-2H3,(H,25,26)(H2,22,23,24,27)/t12-,19?/m1/s1. The molecule has 2 amide bonds. The molecule has 0 saturated heterocycles. The molecule has 0 aliphatic heterocycles. The van der Waals surface area contributed by atoms with Gasteiger partial charge in [0.15, 0.2) is 0 Å². The summed E-state index contributed by atoms with van der Waals surface area (Å²) in [7, 11) is 0. The molecular formula is C19H23F2N5O2. The van der Waals surface area contributed by atoms with Crippen molar-refractivity contribution >= 4 is 22.8 Å². The lowest BCUT2D eigenvalue weighted by molar-refractivity contribution is 0.0611. The predicted molar refractivity (Wildman–Crippen MR) is 102 cm³/mol. The molecule has 2 aromatic rings. The quantitative estimate of drug-likeness (QED) is 0.565. The number of H-pyrrole nitrogens is 1. The SMILES string of the molecule is Cc1nc(NC(=O)NCCC[C@H]2C=CC=CC2(C)O)cc2n[nH]c(C(F)F)c12. The second-order valence-corrected chi connectivity index (χ2v) is 7.02. The number of nitrogens with one attached hydrogen (secondary N) is 3. The summed E-state index contributed by atoms with van der Waals surface area (Å²) >= 11 is 0. The van der Waals surface area contributed by atoms with Gasteiger partial charge in [0.2, 0.25) is 0 Å². The largest absolute Gasteiger partial charge is 0.385 e. The monoisotopic (exact) mass is 391 g/mol. The molecule has 28 heavy (non-hydrogen) atoms. The molecule has 0 fully saturated rings. The molecule has 1 aliphatic carbocycles. The number of hydrogen-bond acceptors (Lipinski definition) is 4. The van der Waals surface area contributed by atoms with Crippen LogP contribution in [0.5, 0.6) is 0 Å². The molecule has 2 heterocycles. The molecule has 0 aromatic carbocycles. The van der Waals surface area contributed by atoms with Gasteiger partial charge in [-0.25, -0.2) is 18.6 Å². The topological polar surface area (TPSA) is 103 Å². The van der Waals surface area contributed by atoms with Crippen molar-refractivity contribution in [3.63, 3.8) is 0 Å². The van der Waals surface area contributed by atoms with E-state index in [-0.39, 0.29) is 22.8 Å². The average Bonchev–Trinajstić information content (AvgIpc) is 3.04. The number of pyridine rings is 1. The number of allylic oxidation sites excluding steroid dienone is 2. The number of aromatic nitrogens is 3. The van der Waals surface area contributed by atoms with Gasteiger partial charge in [-0.15, -0.1) is 0 Å². The maximum absolute atomic E-state index is 13.0. The van der Waals surface area contributed by atoms with Gasteiger partial charge in [0.25, 0.3) is 6.43 Å². The molecule has 0 spiro atoms. The zero-order valence-corrected chi connectivity index (χ0v) is 15.7. The van der Waals surface area contributed by atoms with Crippen LogP contribution in [0.15, 0.2) is 30.4 Å². The van der Waals surface area contributed by atoms with Gasteiger partial charge < -0.3 is 10.4 Å². The summed E-state index contributed by atoms with van der Waals surface area (Å²) < 4.78 is 25.9. The van der Waals surface area contributed by atoms with Crippen LogP contribution in [0.1, 0.15) is 37.6 Å². The Morgan fingerprint density at radius 2 is 2.21 bits per heavy atom. The second kappa shape index (κ2) is 8.05. The van der Waals surface area contributed by atoms with Crippen LogP contribution in [0.3, 0.4) is 0 Å². The summed E-state index contributed by atoms with van der Waals surface area (Å²) in [6, 6.07) is 1.00. The van der Waals surface area contributed by atoms with Gasteiger partial charge in [-0.2, -0.15) is 5.10 Å². The number of nitrogens with zero attached hydrogens (tertiary/aromatic N) is 2. The normalized spacial score (nSPS) is 21.4. The first-order valence-electron chi connectivity index (χ1n) is 9.05. The van der Waals surface area contributed by atoms with E-state index in [1.165, 1.54) is 6.07 Å². The smallest absolute Gasteiger partial charge is 0.320 e. The molecular weight excluding hydrogens is 368 g/mol. The number of fused-ring (bicyclic) bond motifs is 1. The second-order valence-electron chi connectivity index (χ2n) is 7.02. The van der Waals surface area contributed by atoms with Gasteiger partial charge in [-0.1, -0.05) is 24.3 Å². The van der Waals surface area contributed by atoms with E-state index < -0.39 is 18.1 Å². The Labute approximate surface area is 160 Å². The molecule has 0 saturated carbocycles. The fraction of sp³-hybridized carbons (Fsp3) is 0.421. The number of hydrogen-bond donors (Lipinski definition) is 4. The lowest BCUT2D eigenvalue weighted by atomic mass is 9.82. The van der Waals surface area contributed by atoms with Gasteiger partial charge in [0, 0.05) is 18.5 Å². The third kappa shape index (κ3) is 4.36. The van der Waals surface area contributed by atoms with Gasteiger partial charge in [0.05, 0.1) is 22.2 Å². The third-order valence-corrected chi connectivity index (χ3v) is 4.82. The van der Waals surface area contributed by atoms with E-state index in [1.807, 2.05) is 18.2 Å². The molecule has 0 radical (unpaired) electrons. The summed E-state index contributed by atoms with van der Waals surface area (Å²) in [6.07, 6.45) is 6.17. The number of aliphatic hydroxyl groups is 1. The summed E-state index contributed by atoms with van der Waals surface area (Å²) in [6.45, 7) is 3.77. The Kier molecular flexibility index (Phi) is 5.73. The minimum absolute atomic E-state index is 0.00205. The van der Waals surface area contributed by atoms with Crippen molar-refractivity contribution in [3.05, 3.63) is 41.8 Å². The first kappa shape index (κ1) is 19.9. The highest BCUT2D eigenvalue weighted by Gasteiger charge is 2.28. The number of carbonyl (C=O) groups is 1. The maximum Gasteiger partial charge on any atom is 0.320 e. The molecule has 3 rings (SSSR count). The Bertz CT molecular complexity index is 920. The summed E-state index contributed by atoms with van der Waals surface area (Å²) in [5, 5.41) is 22.0. The summed E-state index contributed by atoms with van der Waals surface area (Å²) in [5.41, 5.74) is -0.485. The van der Waals surface area contributed by atoms with Crippen molar-refractivity contribution in [3.8, 4) is 0 Å². The van der Waals surface area contributed by atoms with E-state index in [1.54, 1.807) is 19.9 Å².